The van der Waals surface area contributed by atoms with Crippen molar-refractivity contribution in [2.45, 2.75) is 37.0 Å². The molecule has 0 spiro atoms. The van der Waals surface area contributed by atoms with E-state index < -0.39 is 16.0 Å². The number of benzene rings is 2. The molecule has 8 nitrogen and oxygen atoms in total. The number of likely N-dealkylation sites (N-methyl/N-ethyl adjacent to an activating group) is 1. The van der Waals surface area contributed by atoms with E-state index in [1.54, 1.807) is 30.3 Å². The monoisotopic (exact) mass is 486 g/mol. The third-order valence-corrected chi connectivity index (χ3v) is 8.15. The number of hydrogen-bond donors (Lipinski definition) is 3. The third kappa shape index (κ3) is 5.71. The molecular weight excluding hydrogens is 452 g/mol. The molecule has 9 heteroatoms. The van der Waals surface area contributed by atoms with Crippen molar-refractivity contribution in [1.29, 1.82) is 0 Å². The van der Waals surface area contributed by atoms with Crippen LogP contribution < -0.4 is 10.0 Å². The summed E-state index contributed by atoms with van der Waals surface area (Å²) in [5.74, 6) is -1.10. The van der Waals surface area contributed by atoms with E-state index in [0.29, 0.717) is 18.7 Å². The fraction of sp³-hybridized carbons (Fsp3) is 0.480. The molecule has 184 valence electrons. The number of piperazine rings is 1. The van der Waals surface area contributed by atoms with Crippen LogP contribution in [0.2, 0.25) is 0 Å². The predicted molar refractivity (Wildman–Crippen MR) is 134 cm³/mol. The van der Waals surface area contributed by atoms with Crippen LogP contribution in [-0.2, 0) is 22.9 Å². The summed E-state index contributed by atoms with van der Waals surface area (Å²) in [7, 11) is -1.85. The number of carbonyl (C=O) groups is 1. The van der Waals surface area contributed by atoms with Gasteiger partial charge in [0.05, 0.1) is 16.9 Å². The minimum atomic E-state index is -3.98. The van der Waals surface area contributed by atoms with E-state index in [4.69, 9.17) is 0 Å². The molecule has 2 aliphatic rings. The van der Waals surface area contributed by atoms with E-state index in [-0.39, 0.29) is 16.1 Å². The van der Waals surface area contributed by atoms with Gasteiger partial charge in [-0.05, 0) is 75.0 Å². The largest absolute Gasteiger partial charge is 0.478 e. The molecule has 1 fully saturated rings. The molecule has 1 aliphatic carbocycles. The van der Waals surface area contributed by atoms with Crippen LogP contribution in [0.5, 0.6) is 0 Å². The van der Waals surface area contributed by atoms with Gasteiger partial charge in [-0.2, -0.15) is 0 Å². The van der Waals surface area contributed by atoms with E-state index >= 15 is 0 Å². The van der Waals surface area contributed by atoms with Crippen LogP contribution in [0.15, 0.2) is 41.3 Å². The Morgan fingerprint density at radius 1 is 1.00 bits per heavy atom. The number of anilines is 2. The van der Waals surface area contributed by atoms with Gasteiger partial charge >= 0.3 is 5.97 Å². The molecule has 2 aromatic carbocycles. The second-order valence-electron chi connectivity index (χ2n) is 9.16. The molecule has 1 saturated heterocycles. The summed E-state index contributed by atoms with van der Waals surface area (Å²) in [6, 6.07) is 10.2. The summed E-state index contributed by atoms with van der Waals surface area (Å²) >= 11 is 0. The number of carboxylic acid groups (broad SMARTS) is 1. The molecule has 0 atom stereocenters. The Morgan fingerprint density at radius 3 is 2.50 bits per heavy atom. The van der Waals surface area contributed by atoms with Gasteiger partial charge in [0.25, 0.3) is 10.0 Å². The fourth-order valence-corrected chi connectivity index (χ4v) is 6.06. The van der Waals surface area contributed by atoms with E-state index in [1.165, 1.54) is 0 Å². The maximum Gasteiger partial charge on any atom is 0.338 e. The van der Waals surface area contributed by atoms with Crippen LogP contribution in [0.4, 0.5) is 11.4 Å². The van der Waals surface area contributed by atoms with Gasteiger partial charge in [-0.3, -0.25) is 4.72 Å². The first kappa shape index (κ1) is 24.5. The second-order valence-corrected chi connectivity index (χ2v) is 10.8. The van der Waals surface area contributed by atoms with Crippen LogP contribution in [0, 0.1) is 0 Å². The minimum Gasteiger partial charge on any atom is -0.478 e. The highest BCUT2D eigenvalue weighted by molar-refractivity contribution is 7.92. The van der Waals surface area contributed by atoms with Gasteiger partial charge in [0.15, 0.2) is 0 Å². The lowest BCUT2D eigenvalue weighted by Gasteiger charge is -2.32. The number of nitrogens with zero attached hydrogens (tertiary/aromatic N) is 2. The molecule has 0 radical (unpaired) electrons. The first-order chi connectivity index (χ1) is 16.3. The zero-order chi connectivity index (χ0) is 24.1. The maximum absolute atomic E-state index is 13.3. The number of para-hydroxylation sites is 1. The Labute approximate surface area is 202 Å². The van der Waals surface area contributed by atoms with Gasteiger partial charge in [0.2, 0.25) is 0 Å². The molecule has 0 saturated carbocycles. The minimum absolute atomic E-state index is 0.0680. The normalized spacial score (nSPS) is 17.2. The summed E-state index contributed by atoms with van der Waals surface area (Å²) in [5, 5.41) is 13.1. The van der Waals surface area contributed by atoms with Gasteiger partial charge in [0.1, 0.15) is 4.90 Å². The first-order valence-corrected chi connectivity index (χ1v) is 13.5. The first-order valence-electron chi connectivity index (χ1n) is 12.0. The molecule has 0 bridgehead atoms. The molecule has 4 rings (SSSR count). The third-order valence-electron chi connectivity index (χ3n) is 6.73. The van der Waals surface area contributed by atoms with Crippen LogP contribution in [0.3, 0.4) is 0 Å². The Bertz CT molecular complexity index is 1130. The van der Waals surface area contributed by atoms with Crippen molar-refractivity contribution in [3.63, 3.8) is 0 Å². The summed E-state index contributed by atoms with van der Waals surface area (Å²) in [6.45, 7) is 5.86. The van der Waals surface area contributed by atoms with E-state index in [0.717, 1.165) is 69.5 Å². The quantitative estimate of drug-likeness (QED) is 0.468. The van der Waals surface area contributed by atoms with Crippen molar-refractivity contribution < 1.29 is 18.3 Å². The Balaban J connectivity index is 1.47. The average Bonchev–Trinajstić information content (AvgIpc) is 2.82. The Kier molecular flexibility index (Phi) is 7.75. The van der Waals surface area contributed by atoms with Crippen LogP contribution in [0.25, 0.3) is 0 Å². The number of nitrogens with one attached hydrogen (secondary N) is 2. The number of fused-ring (bicyclic) bond motifs is 1. The van der Waals surface area contributed by atoms with E-state index in [9.17, 15) is 18.3 Å². The SMILES string of the molecule is CN1CCN(CCCNc2ccccc2S(=O)(=O)Nc2ccc3c(c2C(=O)O)CCCC3)CC1. The summed E-state index contributed by atoms with van der Waals surface area (Å²) in [5.41, 5.74) is 2.45. The molecule has 0 amide bonds. The molecule has 0 unspecified atom stereocenters. The van der Waals surface area contributed by atoms with Crippen LogP contribution >= 0.6 is 0 Å². The van der Waals surface area contributed by atoms with Crippen molar-refractivity contribution >= 4 is 27.4 Å². The predicted octanol–water partition coefficient (Wildman–Crippen LogP) is 3.11. The van der Waals surface area contributed by atoms with Crippen molar-refractivity contribution in [2.24, 2.45) is 0 Å². The average molecular weight is 487 g/mol. The molecule has 3 N–H and O–H groups in total. The van der Waals surface area contributed by atoms with E-state index in [2.05, 4.69) is 26.9 Å². The van der Waals surface area contributed by atoms with Crippen LogP contribution in [0.1, 0.15) is 40.7 Å². The molecule has 1 heterocycles. The lowest BCUT2D eigenvalue weighted by Crippen LogP contribution is -2.44. The highest BCUT2D eigenvalue weighted by atomic mass is 32.2. The molecule has 34 heavy (non-hydrogen) atoms. The molecular formula is C25H34N4O4S. The lowest BCUT2D eigenvalue weighted by molar-refractivity contribution is 0.0696. The summed E-state index contributed by atoms with van der Waals surface area (Å²) in [4.78, 5) is 16.9. The highest BCUT2D eigenvalue weighted by Gasteiger charge is 2.25. The van der Waals surface area contributed by atoms with Gasteiger partial charge in [0, 0.05) is 32.7 Å². The summed E-state index contributed by atoms with van der Waals surface area (Å²) in [6.07, 6.45) is 4.30. The topological polar surface area (TPSA) is 102 Å². The molecule has 1 aliphatic heterocycles. The number of rotatable bonds is 9. The highest BCUT2D eigenvalue weighted by Crippen LogP contribution is 2.32. The van der Waals surface area contributed by atoms with Gasteiger partial charge in [-0.15, -0.1) is 0 Å². The second kappa shape index (κ2) is 10.8. The van der Waals surface area contributed by atoms with Crippen molar-refractivity contribution in [2.75, 3.05) is 56.4 Å². The zero-order valence-corrected chi connectivity index (χ0v) is 20.5. The maximum atomic E-state index is 13.3. The smallest absolute Gasteiger partial charge is 0.338 e. The summed E-state index contributed by atoms with van der Waals surface area (Å²) < 4.78 is 29.2. The Hall–Kier alpha value is -2.62. The van der Waals surface area contributed by atoms with Gasteiger partial charge < -0.3 is 20.2 Å². The number of hydrogen-bond acceptors (Lipinski definition) is 6. The van der Waals surface area contributed by atoms with E-state index in [1.807, 2.05) is 6.07 Å². The van der Waals surface area contributed by atoms with Crippen molar-refractivity contribution in [1.82, 2.24) is 9.80 Å². The van der Waals surface area contributed by atoms with Crippen molar-refractivity contribution in [3.05, 3.63) is 53.1 Å². The Morgan fingerprint density at radius 2 is 1.74 bits per heavy atom. The van der Waals surface area contributed by atoms with Gasteiger partial charge in [-0.1, -0.05) is 18.2 Å². The molecule has 2 aromatic rings. The lowest BCUT2D eigenvalue weighted by atomic mass is 9.87. The van der Waals surface area contributed by atoms with Crippen LogP contribution in [-0.4, -0.2) is 75.6 Å². The van der Waals surface area contributed by atoms with Crippen molar-refractivity contribution in [3.8, 4) is 0 Å². The number of carboxylic acids is 1. The number of sulfonamides is 1. The standard InChI is InChI=1S/C25H34N4O4S/c1-28-15-17-29(18-16-28)14-6-13-26-21-9-4-5-10-23(21)34(32,33)27-22-12-11-19-7-2-3-8-20(19)24(22)25(30)31/h4-5,9-12,26-27H,2-3,6-8,13-18H2,1H3,(H,30,31). The van der Waals surface area contributed by atoms with Gasteiger partial charge in [-0.25, -0.2) is 13.2 Å². The number of aromatic carboxylic acids is 1. The zero-order valence-electron chi connectivity index (χ0n) is 19.7. The number of aryl methyl sites for hydroxylation is 1. The molecule has 0 aromatic heterocycles. The fourth-order valence-electron chi connectivity index (χ4n) is 4.80.